The topological polar surface area (TPSA) is 117 Å². The van der Waals surface area contributed by atoms with Gasteiger partial charge in [0.1, 0.15) is 26.4 Å². The number of hydrogen-bond donors (Lipinski definition) is 1. The van der Waals surface area contributed by atoms with Crippen LogP contribution in [0.4, 0.5) is 4.79 Å². The van der Waals surface area contributed by atoms with Gasteiger partial charge in [0.05, 0.1) is 0 Å². The van der Waals surface area contributed by atoms with Crippen LogP contribution >= 0.6 is 0 Å². The number of rotatable bonds is 16. The van der Waals surface area contributed by atoms with Crippen LogP contribution in [0.15, 0.2) is 24.3 Å². The Morgan fingerprint density at radius 2 is 1.33 bits per heavy atom. The van der Waals surface area contributed by atoms with Gasteiger partial charge in [0.2, 0.25) is 0 Å². The molecule has 1 N–H and O–H groups in total. The summed E-state index contributed by atoms with van der Waals surface area (Å²) < 4.78 is 19.7. The largest absolute Gasteiger partial charge is 0.462 e. The molecule has 0 aromatic heterocycles. The number of hydrogen-bond acceptors (Lipinski definition) is 8. The van der Waals surface area contributed by atoms with Crippen molar-refractivity contribution in [3.05, 3.63) is 24.3 Å². The summed E-state index contributed by atoms with van der Waals surface area (Å²) in [5.41, 5.74) is 0.499. The van der Waals surface area contributed by atoms with Gasteiger partial charge in [-0.1, -0.05) is 33.9 Å². The molecule has 0 aliphatic heterocycles. The average molecular weight is 470 g/mol. The Labute approximate surface area is 196 Å². The van der Waals surface area contributed by atoms with Crippen LogP contribution in [0, 0.1) is 11.3 Å². The van der Waals surface area contributed by atoms with Crippen molar-refractivity contribution in [2.45, 2.75) is 60.3 Å². The maximum absolute atomic E-state index is 11.9. The molecule has 0 heterocycles. The van der Waals surface area contributed by atoms with E-state index in [9.17, 15) is 19.2 Å². The van der Waals surface area contributed by atoms with Crippen LogP contribution in [-0.4, -0.2) is 57.0 Å². The van der Waals surface area contributed by atoms with Crippen LogP contribution in [0.5, 0.6) is 0 Å². The van der Waals surface area contributed by atoms with E-state index in [0.29, 0.717) is 24.5 Å². The fourth-order valence-electron chi connectivity index (χ4n) is 2.94. The highest BCUT2D eigenvalue weighted by molar-refractivity contribution is 5.87. The van der Waals surface area contributed by atoms with E-state index < -0.39 is 18.0 Å². The minimum absolute atomic E-state index is 0.00688. The first-order valence-electron chi connectivity index (χ1n) is 11.1. The third kappa shape index (κ3) is 16.5. The normalized spacial score (nSPS) is 11.7. The molecule has 0 aliphatic rings. The molecule has 0 saturated heterocycles. The molecule has 0 aliphatic carbocycles. The summed E-state index contributed by atoms with van der Waals surface area (Å²) in [6, 6.07) is 0. The van der Waals surface area contributed by atoms with E-state index in [1.54, 1.807) is 6.92 Å². The van der Waals surface area contributed by atoms with E-state index in [1.165, 1.54) is 6.92 Å². The van der Waals surface area contributed by atoms with E-state index in [-0.39, 0.29) is 49.8 Å². The fourth-order valence-corrected chi connectivity index (χ4v) is 2.94. The van der Waals surface area contributed by atoms with Gasteiger partial charge in [0, 0.05) is 24.1 Å². The van der Waals surface area contributed by atoms with Crippen LogP contribution in [0.25, 0.3) is 0 Å². The molecule has 1 atom stereocenters. The fraction of sp³-hybridized carbons (Fsp3) is 0.667. The predicted octanol–water partition coefficient (Wildman–Crippen LogP) is 3.72. The third-order valence-corrected chi connectivity index (χ3v) is 4.64. The average Bonchev–Trinajstić information content (AvgIpc) is 2.71. The highest BCUT2D eigenvalue weighted by atomic mass is 16.6. The molecule has 0 saturated carbocycles. The Kier molecular flexibility index (Phi) is 14.5. The van der Waals surface area contributed by atoms with Crippen molar-refractivity contribution >= 4 is 24.0 Å². The molecule has 0 aromatic rings. The monoisotopic (exact) mass is 469 g/mol. The zero-order chi connectivity index (χ0) is 25.4. The minimum Gasteiger partial charge on any atom is -0.462 e. The lowest BCUT2D eigenvalue weighted by atomic mass is 9.79. The molecular formula is C24H39NO8. The maximum Gasteiger partial charge on any atom is 0.407 e. The van der Waals surface area contributed by atoms with E-state index >= 15 is 0 Å². The van der Waals surface area contributed by atoms with Gasteiger partial charge in [-0.3, -0.25) is 4.79 Å². The highest BCUT2D eigenvalue weighted by Gasteiger charge is 2.23. The van der Waals surface area contributed by atoms with Crippen molar-refractivity contribution in [3.63, 3.8) is 0 Å². The Morgan fingerprint density at radius 1 is 0.848 bits per heavy atom. The number of carbonyl (C=O) groups excluding carboxylic acids is 4. The summed E-state index contributed by atoms with van der Waals surface area (Å²) in [5, 5.41) is 2.67. The molecule has 0 rings (SSSR count). The van der Waals surface area contributed by atoms with E-state index in [1.807, 2.05) is 0 Å². The second-order valence-electron chi connectivity index (χ2n) is 8.88. The quantitative estimate of drug-likeness (QED) is 0.157. The molecule has 0 spiro atoms. The van der Waals surface area contributed by atoms with Gasteiger partial charge in [-0.2, -0.15) is 0 Å². The van der Waals surface area contributed by atoms with E-state index in [2.05, 4.69) is 39.2 Å². The smallest absolute Gasteiger partial charge is 0.407 e. The van der Waals surface area contributed by atoms with Gasteiger partial charge in [0.15, 0.2) is 0 Å². The summed E-state index contributed by atoms with van der Waals surface area (Å²) in [4.78, 5) is 46.0. The van der Waals surface area contributed by atoms with Gasteiger partial charge < -0.3 is 24.3 Å². The van der Waals surface area contributed by atoms with Gasteiger partial charge in [-0.15, -0.1) is 0 Å². The SMILES string of the molecule is C=C(C)C(=O)OCCOC(=O)CCC(C)(C)CC(C)CCNC(=O)OCCOC(=O)C(=C)C. The number of carbonyl (C=O) groups is 4. The van der Waals surface area contributed by atoms with Crippen LogP contribution in [0.1, 0.15) is 60.3 Å². The summed E-state index contributed by atoms with van der Waals surface area (Å²) in [6.07, 6.45) is 1.98. The number of esters is 3. The van der Waals surface area contributed by atoms with Crippen molar-refractivity contribution in [1.29, 1.82) is 0 Å². The molecule has 0 radical (unpaired) electrons. The Bertz CT molecular complexity index is 699. The Balaban J connectivity index is 3.96. The molecule has 0 aromatic carbocycles. The van der Waals surface area contributed by atoms with Crippen molar-refractivity contribution in [1.82, 2.24) is 5.32 Å². The molecule has 0 fully saturated rings. The first-order chi connectivity index (χ1) is 15.3. The second-order valence-corrected chi connectivity index (χ2v) is 8.88. The lowest BCUT2D eigenvalue weighted by Crippen LogP contribution is -2.28. The van der Waals surface area contributed by atoms with Crippen molar-refractivity contribution in [3.8, 4) is 0 Å². The molecule has 9 nitrogen and oxygen atoms in total. The van der Waals surface area contributed by atoms with E-state index in [0.717, 1.165) is 12.8 Å². The second kappa shape index (κ2) is 15.9. The van der Waals surface area contributed by atoms with Crippen molar-refractivity contribution < 1.29 is 38.1 Å². The Morgan fingerprint density at radius 3 is 1.85 bits per heavy atom. The van der Waals surface area contributed by atoms with Crippen LogP contribution in [-0.2, 0) is 33.3 Å². The molecule has 1 unspecified atom stereocenters. The maximum atomic E-state index is 11.9. The molecule has 9 heteroatoms. The summed E-state index contributed by atoms with van der Waals surface area (Å²) >= 11 is 0. The lowest BCUT2D eigenvalue weighted by Gasteiger charge is -2.28. The molecule has 0 bridgehead atoms. The van der Waals surface area contributed by atoms with Crippen LogP contribution < -0.4 is 5.32 Å². The predicted molar refractivity (Wildman–Crippen MR) is 123 cm³/mol. The van der Waals surface area contributed by atoms with Crippen molar-refractivity contribution in [2.75, 3.05) is 33.0 Å². The number of alkyl carbamates (subject to hydrolysis) is 1. The van der Waals surface area contributed by atoms with Crippen molar-refractivity contribution in [2.24, 2.45) is 11.3 Å². The molecule has 188 valence electrons. The lowest BCUT2D eigenvalue weighted by molar-refractivity contribution is -0.150. The zero-order valence-electron chi connectivity index (χ0n) is 20.6. The highest BCUT2D eigenvalue weighted by Crippen LogP contribution is 2.31. The third-order valence-electron chi connectivity index (χ3n) is 4.64. The number of ether oxygens (including phenoxy) is 4. The van der Waals surface area contributed by atoms with Crippen LogP contribution in [0.2, 0.25) is 0 Å². The number of nitrogens with one attached hydrogen (secondary N) is 1. The minimum atomic E-state index is -0.565. The van der Waals surface area contributed by atoms with Gasteiger partial charge in [-0.25, -0.2) is 14.4 Å². The summed E-state index contributed by atoms with van der Waals surface area (Å²) in [6.45, 7) is 16.7. The molecule has 1 amide bonds. The summed E-state index contributed by atoms with van der Waals surface area (Å²) in [5.74, 6) is -1.05. The molecule has 33 heavy (non-hydrogen) atoms. The van der Waals surface area contributed by atoms with Crippen LogP contribution in [0.3, 0.4) is 0 Å². The Hall–Kier alpha value is -2.84. The first kappa shape index (κ1) is 30.2. The van der Waals surface area contributed by atoms with Gasteiger partial charge >= 0.3 is 24.0 Å². The van der Waals surface area contributed by atoms with Gasteiger partial charge in [0.25, 0.3) is 0 Å². The van der Waals surface area contributed by atoms with Gasteiger partial charge in [-0.05, 0) is 44.4 Å². The molecular weight excluding hydrogens is 430 g/mol. The van der Waals surface area contributed by atoms with E-state index in [4.69, 9.17) is 18.9 Å². The number of amides is 1. The summed E-state index contributed by atoms with van der Waals surface area (Å²) in [7, 11) is 0. The standard InChI is InChI=1S/C24H39NO8/c1-17(2)21(27)31-13-12-30-20(26)8-10-24(6,7)16-19(5)9-11-25-23(29)33-15-14-32-22(28)18(3)4/h19H,1,3,8-16H2,2,4-7H3,(H,25,29). The zero-order valence-corrected chi connectivity index (χ0v) is 20.6. The first-order valence-corrected chi connectivity index (χ1v) is 11.1.